The fraction of sp³-hybridized carbons (Fsp3) is 0. The molecule has 0 aliphatic carbocycles. The third-order valence-electron chi connectivity index (χ3n) is 11.3. The fourth-order valence-electron chi connectivity index (χ4n) is 8.72. The molecular formula is C52H32N4O. The van der Waals surface area contributed by atoms with E-state index in [9.17, 15) is 0 Å². The molecule has 0 radical (unpaired) electrons. The Balaban J connectivity index is 1.08. The smallest absolute Gasteiger partial charge is 0.162 e. The molecule has 0 atom stereocenters. The molecule has 0 fully saturated rings. The number of para-hydroxylation sites is 4. The number of nitrogens with zero attached hydrogens (tertiary/aromatic N) is 4. The molecule has 0 saturated carbocycles. The minimum atomic E-state index is 0.661. The zero-order valence-electron chi connectivity index (χ0n) is 30.7. The van der Waals surface area contributed by atoms with E-state index in [2.05, 4.69) is 179 Å². The summed E-state index contributed by atoms with van der Waals surface area (Å²) in [6.45, 7) is 0. The Morgan fingerprint density at radius 2 is 0.912 bits per heavy atom. The lowest BCUT2D eigenvalue weighted by molar-refractivity contribution is 0.669. The molecule has 0 bridgehead atoms. The van der Waals surface area contributed by atoms with Crippen LogP contribution < -0.4 is 0 Å². The summed E-state index contributed by atoms with van der Waals surface area (Å²) < 4.78 is 10.8. The zero-order valence-corrected chi connectivity index (χ0v) is 30.7. The minimum Gasteiger partial charge on any atom is -0.456 e. The Labute approximate surface area is 327 Å². The van der Waals surface area contributed by atoms with Gasteiger partial charge in [-0.25, -0.2) is 9.97 Å². The summed E-state index contributed by atoms with van der Waals surface area (Å²) in [5.74, 6) is 0.661. The summed E-state index contributed by atoms with van der Waals surface area (Å²) in [5.41, 5.74) is 13.4. The Kier molecular flexibility index (Phi) is 6.86. The predicted molar refractivity (Wildman–Crippen MR) is 234 cm³/mol. The van der Waals surface area contributed by atoms with Crippen LogP contribution in [-0.2, 0) is 0 Å². The first kappa shape index (κ1) is 31.6. The highest BCUT2D eigenvalue weighted by atomic mass is 16.3. The van der Waals surface area contributed by atoms with Gasteiger partial charge in [-0.2, -0.15) is 0 Å². The van der Waals surface area contributed by atoms with Crippen molar-refractivity contribution < 1.29 is 4.42 Å². The Hall–Kier alpha value is -7.76. The summed E-state index contributed by atoms with van der Waals surface area (Å²) in [6.07, 6.45) is 0. The van der Waals surface area contributed by atoms with Crippen molar-refractivity contribution in [3.8, 4) is 45.1 Å². The molecular weight excluding hydrogens is 697 g/mol. The molecule has 0 aliphatic heterocycles. The second-order valence-corrected chi connectivity index (χ2v) is 14.6. The molecule has 12 rings (SSSR count). The van der Waals surface area contributed by atoms with Crippen molar-refractivity contribution in [3.63, 3.8) is 0 Å². The van der Waals surface area contributed by atoms with Gasteiger partial charge in [0.2, 0.25) is 0 Å². The van der Waals surface area contributed by atoms with E-state index in [1.54, 1.807) is 0 Å². The van der Waals surface area contributed by atoms with E-state index in [0.29, 0.717) is 5.82 Å². The van der Waals surface area contributed by atoms with Crippen LogP contribution in [0.5, 0.6) is 0 Å². The van der Waals surface area contributed by atoms with Crippen molar-refractivity contribution in [3.05, 3.63) is 194 Å². The van der Waals surface area contributed by atoms with Gasteiger partial charge in [0.1, 0.15) is 16.8 Å². The average Bonchev–Trinajstić information content (AvgIpc) is 3.94. The van der Waals surface area contributed by atoms with Crippen LogP contribution in [0.2, 0.25) is 0 Å². The molecule has 4 heterocycles. The van der Waals surface area contributed by atoms with Gasteiger partial charge in [0.05, 0.1) is 27.6 Å². The molecule has 0 N–H and O–H groups in total. The number of hydrogen-bond acceptors (Lipinski definition) is 3. The molecule has 12 aromatic rings. The quantitative estimate of drug-likeness (QED) is 0.177. The van der Waals surface area contributed by atoms with E-state index >= 15 is 0 Å². The highest BCUT2D eigenvalue weighted by molar-refractivity contribution is 6.15. The second-order valence-electron chi connectivity index (χ2n) is 14.6. The van der Waals surface area contributed by atoms with E-state index in [4.69, 9.17) is 14.4 Å². The van der Waals surface area contributed by atoms with Gasteiger partial charge in [0.25, 0.3) is 0 Å². The van der Waals surface area contributed by atoms with E-state index in [0.717, 1.165) is 83.2 Å². The van der Waals surface area contributed by atoms with Crippen LogP contribution in [0.25, 0.3) is 111 Å². The number of fused-ring (bicyclic) bond motifs is 9. The maximum atomic E-state index is 6.18. The Morgan fingerprint density at radius 1 is 0.351 bits per heavy atom. The maximum Gasteiger partial charge on any atom is 0.162 e. The summed E-state index contributed by atoms with van der Waals surface area (Å²) in [7, 11) is 0. The van der Waals surface area contributed by atoms with E-state index in [1.807, 2.05) is 24.3 Å². The van der Waals surface area contributed by atoms with Gasteiger partial charge in [-0.3, -0.25) is 4.57 Å². The fourth-order valence-corrected chi connectivity index (χ4v) is 8.72. The van der Waals surface area contributed by atoms with Gasteiger partial charge < -0.3 is 8.98 Å². The molecule has 57 heavy (non-hydrogen) atoms. The molecule has 0 saturated heterocycles. The van der Waals surface area contributed by atoms with Gasteiger partial charge in [-0.1, -0.05) is 121 Å². The van der Waals surface area contributed by atoms with Crippen molar-refractivity contribution in [2.75, 3.05) is 0 Å². The lowest BCUT2D eigenvalue weighted by Gasteiger charge is -2.10. The summed E-state index contributed by atoms with van der Waals surface area (Å²) in [5, 5.41) is 6.75. The van der Waals surface area contributed by atoms with Gasteiger partial charge in [-0.05, 0) is 83.9 Å². The SMILES string of the molecule is c1ccc(-c2nc(-c3ccc4oc5ccccc5c4c3)nc3c2c2cc(-c4ccc(-n5c6ccccc6c6ccccc65)cc4)ccc2n3-c2ccccc2)cc1. The van der Waals surface area contributed by atoms with Crippen LogP contribution in [0.4, 0.5) is 0 Å². The van der Waals surface area contributed by atoms with Crippen molar-refractivity contribution >= 4 is 65.7 Å². The summed E-state index contributed by atoms with van der Waals surface area (Å²) >= 11 is 0. The van der Waals surface area contributed by atoms with Crippen molar-refractivity contribution in [1.82, 2.24) is 19.1 Å². The van der Waals surface area contributed by atoms with Gasteiger partial charge in [0.15, 0.2) is 5.82 Å². The Morgan fingerprint density at radius 3 is 1.67 bits per heavy atom. The highest BCUT2D eigenvalue weighted by Gasteiger charge is 2.22. The zero-order chi connectivity index (χ0) is 37.5. The number of rotatable bonds is 5. The molecule has 0 spiro atoms. The number of furan rings is 1. The van der Waals surface area contributed by atoms with Crippen LogP contribution in [0.15, 0.2) is 199 Å². The monoisotopic (exact) mass is 728 g/mol. The molecule has 0 amide bonds. The first-order valence-electron chi connectivity index (χ1n) is 19.2. The van der Waals surface area contributed by atoms with Crippen LogP contribution in [-0.4, -0.2) is 19.1 Å². The van der Waals surface area contributed by atoms with Crippen LogP contribution in [0.3, 0.4) is 0 Å². The number of aromatic nitrogens is 4. The lowest BCUT2D eigenvalue weighted by Crippen LogP contribution is -1.99. The molecule has 0 unspecified atom stereocenters. The van der Waals surface area contributed by atoms with Crippen LogP contribution >= 0.6 is 0 Å². The normalized spacial score (nSPS) is 11.9. The molecule has 5 nitrogen and oxygen atoms in total. The van der Waals surface area contributed by atoms with Gasteiger partial charge >= 0.3 is 0 Å². The van der Waals surface area contributed by atoms with E-state index < -0.39 is 0 Å². The van der Waals surface area contributed by atoms with Crippen molar-refractivity contribution in [2.24, 2.45) is 0 Å². The van der Waals surface area contributed by atoms with Crippen molar-refractivity contribution in [2.45, 2.75) is 0 Å². The number of hydrogen-bond donors (Lipinski definition) is 0. The highest BCUT2D eigenvalue weighted by Crippen LogP contribution is 2.41. The Bertz CT molecular complexity index is 3450. The maximum absolute atomic E-state index is 6.18. The van der Waals surface area contributed by atoms with Gasteiger partial charge in [-0.15, -0.1) is 0 Å². The largest absolute Gasteiger partial charge is 0.456 e. The summed E-state index contributed by atoms with van der Waals surface area (Å²) in [4.78, 5) is 10.8. The minimum absolute atomic E-state index is 0.661. The first-order chi connectivity index (χ1) is 28.3. The molecule has 266 valence electrons. The summed E-state index contributed by atoms with van der Waals surface area (Å²) in [6, 6.07) is 68.4. The third kappa shape index (κ3) is 4.89. The predicted octanol–water partition coefficient (Wildman–Crippen LogP) is 13.6. The van der Waals surface area contributed by atoms with E-state index in [1.165, 1.54) is 21.8 Å². The van der Waals surface area contributed by atoms with Crippen molar-refractivity contribution in [1.29, 1.82) is 0 Å². The average molecular weight is 729 g/mol. The number of benzene rings is 8. The third-order valence-corrected chi connectivity index (χ3v) is 11.3. The topological polar surface area (TPSA) is 48.8 Å². The molecule has 8 aromatic carbocycles. The molecule has 4 aromatic heterocycles. The molecule has 0 aliphatic rings. The molecule has 5 heteroatoms. The standard InChI is InChI=1S/C52H32N4O/c1-3-13-34(14-4-1)50-49-43-31-35(33-23-27-38(28-24-33)55-44-20-10-7-17-39(44)40-18-8-11-21-45(40)55)25-29-46(43)56(37-15-5-2-6-16-37)52(49)54-51(53-50)36-26-30-48-42(32-36)41-19-9-12-22-47(41)57-48/h1-32H. The first-order valence-corrected chi connectivity index (χ1v) is 19.2. The second kappa shape index (κ2) is 12.4. The van der Waals surface area contributed by atoms with Crippen LogP contribution in [0, 0.1) is 0 Å². The lowest BCUT2D eigenvalue weighted by atomic mass is 10.0. The van der Waals surface area contributed by atoms with Crippen LogP contribution in [0.1, 0.15) is 0 Å². The van der Waals surface area contributed by atoms with E-state index in [-0.39, 0.29) is 0 Å². The van der Waals surface area contributed by atoms with Gasteiger partial charge in [0, 0.05) is 49.4 Å².